The fourth-order valence-electron chi connectivity index (χ4n) is 3.47. The Kier molecular flexibility index (Phi) is 7.96. The van der Waals surface area contributed by atoms with E-state index in [2.05, 4.69) is 10.6 Å². The molecule has 2 aromatic carbocycles. The van der Waals surface area contributed by atoms with Crippen LogP contribution in [0.5, 0.6) is 5.75 Å². The van der Waals surface area contributed by atoms with Gasteiger partial charge in [0.15, 0.2) is 0 Å². The Bertz CT molecular complexity index is 1060. The van der Waals surface area contributed by atoms with Crippen LogP contribution < -0.4 is 15.4 Å². The molecule has 1 unspecified atom stereocenters. The number of rotatable bonds is 7. The van der Waals surface area contributed by atoms with Crippen molar-refractivity contribution in [1.29, 1.82) is 0 Å². The molecule has 2 aromatic rings. The van der Waals surface area contributed by atoms with E-state index in [1.54, 1.807) is 20.8 Å². The molecular weight excluding hydrogens is 424 g/mol. The molecule has 1 aliphatic rings. The molecule has 1 atom stereocenters. The summed E-state index contributed by atoms with van der Waals surface area (Å²) in [6.07, 6.45) is -1.48. The van der Waals surface area contributed by atoms with E-state index < -0.39 is 18.2 Å². The molecule has 174 valence electrons. The zero-order valence-corrected chi connectivity index (χ0v) is 19.1. The zero-order chi connectivity index (χ0) is 23.8. The lowest BCUT2D eigenvalue weighted by Crippen LogP contribution is -2.31. The second-order valence-electron chi connectivity index (χ2n) is 7.36. The van der Waals surface area contributed by atoms with Crippen molar-refractivity contribution in [1.82, 2.24) is 10.6 Å². The molecule has 0 spiro atoms. The number of methoxy groups -OCH3 is 1. The van der Waals surface area contributed by atoms with Gasteiger partial charge in [-0.15, -0.1) is 0 Å². The standard InChI is InChI=1S/C25H28N2O6/c1-5-26-24(28)32-22-16(2)27-17(3)23(33-25(29)30-4)21(22)19-12-9-13-20(14-19)31-15-18-10-7-6-8-11-18/h6-14,21,27H,5,15H2,1-4H3,(H,26,28). The van der Waals surface area contributed by atoms with E-state index in [9.17, 15) is 9.59 Å². The van der Waals surface area contributed by atoms with Gasteiger partial charge in [-0.05, 0) is 44.0 Å². The highest BCUT2D eigenvalue weighted by atomic mass is 16.7. The Morgan fingerprint density at radius 3 is 2.33 bits per heavy atom. The van der Waals surface area contributed by atoms with Gasteiger partial charge in [0, 0.05) is 6.54 Å². The van der Waals surface area contributed by atoms with E-state index in [1.165, 1.54) is 7.11 Å². The highest BCUT2D eigenvalue weighted by Gasteiger charge is 2.35. The second kappa shape index (κ2) is 11.1. The fourth-order valence-corrected chi connectivity index (χ4v) is 3.47. The van der Waals surface area contributed by atoms with Crippen LogP contribution in [0, 0.1) is 0 Å². The summed E-state index contributed by atoms with van der Waals surface area (Å²) < 4.78 is 21.8. The van der Waals surface area contributed by atoms with Crippen LogP contribution in [0.3, 0.4) is 0 Å². The first kappa shape index (κ1) is 23.7. The largest absolute Gasteiger partial charge is 0.513 e. The van der Waals surface area contributed by atoms with Gasteiger partial charge in [-0.2, -0.15) is 0 Å². The summed E-state index contributed by atoms with van der Waals surface area (Å²) in [5.74, 6) is 0.533. The van der Waals surface area contributed by atoms with Crippen molar-refractivity contribution >= 4 is 12.2 Å². The number of hydrogen-bond donors (Lipinski definition) is 2. The third kappa shape index (κ3) is 6.06. The number of alkyl carbamates (subject to hydrolysis) is 1. The Morgan fingerprint density at radius 2 is 1.67 bits per heavy atom. The fraction of sp³-hybridized carbons (Fsp3) is 0.280. The number of amides is 1. The molecule has 0 radical (unpaired) electrons. The van der Waals surface area contributed by atoms with Gasteiger partial charge >= 0.3 is 12.2 Å². The number of carbonyl (C=O) groups excluding carboxylic acids is 2. The summed E-state index contributed by atoms with van der Waals surface area (Å²) in [5, 5.41) is 5.72. The van der Waals surface area contributed by atoms with Crippen molar-refractivity contribution in [3.8, 4) is 5.75 Å². The van der Waals surface area contributed by atoms with Crippen LogP contribution in [0.2, 0.25) is 0 Å². The maximum Gasteiger partial charge on any atom is 0.513 e. The van der Waals surface area contributed by atoms with Crippen molar-refractivity contribution < 1.29 is 28.5 Å². The average Bonchev–Trinajstić information content (AvgIpc) is 2.81. The summed E-state index contributed by atoms with van der Waals surface area (Å²) in [5.41, 5.74) is 2.98. The van der Waals surface area contributed by atoms with Gasteiger partial charge in [-0.1, -0.05) is 42.5 Å². The highest BCUT2D eigenvalue weighted by molar-refractivity contribution is 5.69. The molecule has 0 aromatic heterocycles. The maximum atomic E-state index is 12.3. The van der Waals surface area contributed by atoms with E-state index in [0.717, 1.165) is 11.1 Å². The topological polar surface area (TPSA) is 95.1 Å². The molecule has 0 saturated heterocycles. The summed E-state index contributed by atoms with van der Waals surface area (Å²) in [7, 11) is 1.23. The molecule has 3 rings (SSSR count). The monoisotopic (exact) mass is 452 g/mol. The van der Waals surface area contributed by atoms with Crippen LogP contribution in [0.15, 0.2) is 77.5 Å². The van der Waals surface area contributed by atoms with Gasteiger partial charge in [0.2, 0.25) is 0 Å². The van der Waals surface area contributed by atoms with Gasteiger partial charge in [-0.3, -0.25) is 0 Å². The minimum atomic E-state index is -0.871. The summed E-state index contributed by atoms with van der Waals surface area (Å²) in [4.78, 5) is 24.2. The Morgan fingerprint density at radius 1 is 0.970 bits per heavy atom. The van der Waals surface area contributed by atoms with Gasteiger partial charge in [0.25, 0.3) is 0 Å². The van der Waals surface area contributed by atoms with Crippen molar-refractivity contribution in [3.63, 3.8) is 0 Å². The van der Waals surface area contributed by atoms with Crippen LogP contribution in [-0.2, 0) is 20.8 Å². The van der Waals surface area contributed by atoms with E-state index in [-0.39, 0.29) is 5.76 Å². The van der Waals surface area contributed by atoms with E-state index in [4.69, 9.17) is 18.9 Å². The maximum absolute atomic E-state index is 12.3. The first-order chi connectivity index (χ1) is 15.9. The van der Waals surface area contributed by atoms with Gasteiger partial charge in [0.1, 0.15) is 29.8 Å². The first-order valence-corrected chi connectivity index (χ1v) is 10.6. The van der Waals surface area contributed by atoms with Crippen LogP contribution in [0.4, 0.5) is 9.59 Å². The molecule has 2 N–H and O–H groups in total. The number of ether oxygens (including phenoxy) is 4. The SMILES string of the molecule is CCNC(=O)OC1=C(C)NC(C)=C(OC(=O)OC)C1c1cccc(OCc2ccccc2)c1. The molecule has 1 aliphatic heterocycles. The third-order valence-electron chi connectivity index (χ3n) is 4.96. The smallest absolute Gasteiger partial charge is 0.489 e. The molecule has 33 heavy (non-hydrogen) atoms. The van der Waals surface area contributed by atoms with Crippen LogP contribution in [-0.4, -0.2) is 25.9 Å². The second-order valence-corrected chi connectivity index (χ2v) is 7.36. The summed E-state index contributed by atoms with van der Waals surface area (Å²) >= 11 is 0. The number of dihydropyridines is 1. The Balaban J connectivity index is 1.96. The molecule has 1 amide bonds. The molecule has 1 heterocycles. The van der Waals surface area contributed by atoms with E-state index >= 15 is 0 Å². The van der Waals surface area contributed by atoms with Crippen molar-refractivity contribution in [2.24, 2.45) is 0 Å². The Hall–Kier alpha value is -3.94. The molecule has 0 fully saturated rings. The number of allylic oxidation sites excluding steroid dienone is 2. The van der Waals surface area contributed by atoms with Crippen molar-refractivity contribution in [3.05, 3.63) is 88.6 Å². The normalized spacial score (nSPS) is 15.5. The van der Waals surface area contributed by atoms with E-state index in [1.807, 2.05) is 54.6 Å². The van der Waals surface area contributed by atoms with Crippen molar-refractivity contribution in [2.45, 2.75) is 33.3 Å². The predicted molar refractivity (Wildman–Crippen MR) is 122 cm³/mol. The minimum absolute atomic E-state index is 0.270. The van der Waals surface area contributed by atoms with Crippen LogP contribution >= 0.6 is 0 Å². The number of benzene rings is 2. The lowest BCUT2D eigenvalue weighted by molar-refractivity contribution is 0.0889. The average molecular weight is 453 g/mol. The highest BCUT2D eigenvalue weighted by Crippen LogP contribution is 2.40. The molecule has 0 bridgehead atoms. The molecule has 0 saturated carbocycles. The van der Waals surface area contributed by atoms with Gasteiger partial charge in [-0.25, -0.2) is 9.59 Å². The van der Waals surface area contributed by atoms with Crippen LogP contribution in [0.25, 0.3) is 0 Å². The van der Waals surface area contributed by atoms with Crippen molar-refractivity contribution in [2.75, 3.05) is 13.7 Å². The zero-order valence-electron chi connectivity index (χ0n) is 19.1. The third-order valence-corrected chi connectivity index (χ3v) is 4.96. The van der Waals surface area contributed by atoms with E-state index in [0.29, 0.717) is 36.1 Å². The molecule has 8 nitrogen and oxygen atoms in total. The quantitative estimate of drug-likeness (QED) is 0.574. The predicted octanol–water partition coefficient (Wildman–Crippen LogP) is 4.94. The lowest BCUT2D eigenvalue weighted by Gasteiger charge is -2.30. The lowest BCUT2D eigenvalue weighted by atomic mass is 9.90. The minimum Gasteiger partial charge on any atom is -0.489 e. The molecular formula is C25H28N2O6. The van der Waals surface area contributed by atoms with Crippen LogP contribution in [0.1, 0.15) is 37.8 Å². The number of hydrogen-bond acceptors (Lipinski definition) is 7. The number of nitrogens with one attached hydrogen (secondary N) is 2. The van der Waals surface area contributed by atoms with Gasteiger partial charge < -0.3 is 29.6 Å². The Labute approximate surface area is 193 Å². The molecule has 0 aliphatic carbocycles. The first-order valence-electron chi connectivity index (χ1n) is 10.6. The summed E-state index contributed by atoms with van der Waals surface area (Å²) in [6.45, 7) is 6.16. The molecule has 8 heteroatoms. The summed E-state index contributed by atoms with van der Waals surface area (Å²) in [6, 6.07) is 17.2. The number of carbonyl (C=O) groups is 2. The van der Waals surface area contributed by atoms with Gasteiger partial charge in [0.05, 0.1) is 18.5 Å².